The van der Waals surface area contributed by atoms with Gasteiger partial charge in [-0.2, -0.15) is 13.2 Å². The van der Waals surface area contributed by atoms with Gasteiger partial charge in [0.05, 0.1) is 17.6 Å². The van der Waals surface area contributed by atoms with Crippen LogP contribution in [-0.4, -0.2) is 46.5 Å². The van der Waals surface area contributed by atoms with Gasteiger partial charge in [-0.3, -0.25) is 4.79 Å². The van der Waals surface area contributed by atoms with E-state index in [4.69, 9.17) is 0 Å². The lowest BCUT2D eigenvalue weighted by Crippen LogP contribution is -2.36. The third-order valence-electron chi connectivity index (χ3n) is 5.43. The summed E-state index contributed by atoms with van der Waals surface area (Å²) in [5, 5.41) is 2.89. The van der Waals surface area contributed by atoms with E-state index in [2.05, 4.69) is 20.3 Å². The number of pyridine rings is 1. The maximum Gasteiger partial charge on any atom is 0.433 e. The highest BCUT2D eigenvalue weighted by Gasteiger charge is 2.32. The van der Waals surface area contributed by atoms with E-state index in [1.54, 1.807) is 17.9 Å². The van der Waals surface area contributed by atoms with Crippen LogP contribution in [0.25, 0.3) is 0 Å². The molecule has 0 saturated carbocycles. The van der Waals surface area contributed by atoms with Crippen molar-refractivity contribution in [1.29, 1.82) is 0 Å². The SMILES string of the molecule is CCCS(=O)(=O)c1nc(C(=O)N2CCc3c(cccc3Nc3ccc(C(F)(F)F)nc3)C2)c[nH]1. The molecule has 180 valence electrons. The molecule has 0 radical (unpaired) electrons. The molecule has 8 nitrogen and oxygen atoms in total. The van der Waals surface area contributed by atoms with Gasteiger partial charge in [-0.1, -0.05) is 19.1 Å². The Bertz CT molecular complexity index is 1300. The Labute approximate surface area is 194 Å². The first-order valence-corrected chi connectivity index (χ1v) is 12.2. The number of hydrogen-bond donors (Lipinski definition) is 2. The van der Waals surface area contributed by atoms with Gasteiger partial charge in [0, 0.05) is 25.0 Å². The summed E-state index contributed by atoms with van der Waals surface area (Å²) in [6.07, 6.45) is -1.13. The van der Waals surface area contributed by atoms with Crippen LogP contribution in [0.4, 0.5) is 24.5 Å². The van der Waals surface area contributed by atoms with E-state index < -0.39 is 21.7 Å². The number of halogens is 3. The minimum atomic E-state index is -4.50. The fourth-order valence-corrected chi connectivity index (χ4v) is 5.00. The minimum Gasteiger partial charge on any atom is -0.354 e. The van der Waals surface area contributed by atoms with E-state index in [0.29, 0.717) is 31.6 Å². The normalized spacial score (nSPS) is 14.1. The molecule has 0 saturated heterocycles. The second kappa shape index (κ2) is 9.09. The van der Waals surface area contributed by atoms with Crippen LogP contribution in [0.1, 0.15) is 40.7 Å². The molecule has 34 heavy (non-hydrogen) atoms. The summed E-state index contributed by atoms with van der Waals surface area (Å²) in [6.45, 7) is 2.41. The lowest BCUT2D eigenvalue weighted by atomic mass is 9.97. The van der Waals surface area contributed by atoms with Crippen LogP contribution < -0.4 is 5.32 Å². The largest absolute Gasteiger partial charge is 0.433 e. The Hall–Kier alpha value is -3.41. The van der Waals surface area contributed by atoms with E-state index >= 15 is 0 Å². The zero-order valence-electron chi connectivity index (χ0n) is 18.2. The van der Waals surface area contributed by atoms with E-state index in [0.717, 1.165) is 29.1 Å². The van der Waals surface area contributed by atoms with Crippen molar-refractivity contribution in [3.63, 3.8) is 0 Å². The Kier molecular flexibility index (Phi) is 6.34. The van der Waals surface area contributed by atoms with Crippen molar-refractivity contribution in [1.82, 2.24) is 19.9 Å². The van der Waals surface area contributed by atoms with Crippen LogP contribution in [0.15, 0.2) is 47.9 Å². The number of anilines is 2. The number of fused-ring (bicyclic) bond motifs is 1. The quantitative estimate of drug-likeness (QED) is 0.539. The van der Waals surface area contributed by atoms with Gasteiger partial charge < -0.3 is 15.2 Å². The molecule has 1 amide bonds. The fraction of sp³-hybridized carbons (Fsp3) is 0.318. The van der Waals surface area contributed by atoms with Crippen LogP contribution in [0.2, 0.25) is 0 Å². The standard InChI is InChI=1S/C22H22F3N5O3S/c1-2-10-34(32,33)21-27-12-18(29-21)20(31)30-9-8-16-14(13-30)4-3-5-17(16)28-15-6-7-19(26-11-15)22(23,24)25/h3-7,11-12,28H,2,8-10,13H2,1H3,(H,27,29). The summed E-state index contributed by atoms with van der Waals surface area (Å²) in [5.41, 5.74) is 2.02. The summed E-state index contributed by atoms with van der Waals surface area (Å²) in [7, 11) is -3.56. The summed E-state index contributed by atoms with van der Waals surface area (Å²) in [4.78, 5) is 24.6. The topological polar surface area (TPSA) is 108 Å². The van der Waals surface area contributed by atoms with Crippen LogP contribution in [-0.2, 0) is 29.0 Å². The third kappa shape index (κ3) is 4.91. The number of H-pyrrole nitrogens is 1. The van der Waals surface area contributed by atoms with Gasteiger partial charge in [-0.05, 0) is 42.2 Å². The minimum absolute atomic E-state index is 0.0308. The number of imidazole rings is 1. The summed E-state index contributed by atoms with van der Waals surface area (Å²) >= 11 is 0. The predicted octanol–water partition coefficient (Wildman–Crippen LogP) is 3.95. The molecule has 2 N–H and O–H groups in total. The Balaban J connectivity index is 1.49. The number of nitrogens with zero attached hydrogens (tertiary/aromatic N) is 3. The number of benzene rings is 1. The van der Waals surface area contributed by atoms with Crippen molar-refractivity contribution >= 4 is 27.1 Å². The molecule has 2 aromatic heterocycles. The molecule has 0 atom stereocenters. The van der Waals surface area contributed by atoms with Crippen LogP contribution in [0.3, 0.4) is 0 Å². The molecule has 0 spiro atoms. The number of sulfone groups is 1. The number of rotatable bonds is 6. The molecule has 3 aromatic rings. The summed E-state index contributed by atoms with van der Waals surface area (Å²) in [5.74, 6) is -0.444. The Morgan fingerprint density at radius 2 is 2.03 bits per heavy atom. The first kappa shape index (κ1) is 23.7. The molecule has 12 heteroatoms. The number of carbonyl (C=O) groups is 1. The van der Waals surface area contributed by atoms with Gasteiger partial charge in [0.2, 0.25) is 15.0 Å². The van der Waals surface area contributed by atoms with Gasteiger partial charge in [-0.25, -0.2) is 18.4 Å². The lowest BCUT2D eigenvalue weighted by Gasteiger charge is -2.30. The van der Waals surface area contributed by atoms with E-state index in [-0.39, 0.29) is 22.5 Å². The van der Waals surface area contributed by atoms with Gasteiger partial charge in [-0.15, -0.1) is 0 Å². The number of carbonyl (C=O) groups excluding carboxylic acids is 1. The molecule has 1 aliphatic heterocycles. The van der Waals surface area contributed by atoms with Crippen molar-refractivity contribution in [2.45, 2.75) is 37.6 Å². The smallest absolute Gasteiger partial charge is 0.354 e. The third-order valence-corrected chi connectivity index (χ3v) is 7.17. The number of aromatic amines is 1. The average Bonchev–Trinajstić information content (AvgIpc) is 3.30. The molecule has 0 aliphatic carbocycles. The molecule has 0 fully saturated rings. The monoisotopic (exact) mass is 493 g/mol. The zero-order valence-corrected chi connectivity index (χ0v) is 19.0. The molecular formula is C22H22F3N5O3S. The number of nitrogens with one attached hydrogen (secondary N) is 2. The maximum absolute atomic E-state index is 12.9. The molecule has 3 heterocycles. The highest BCUT2D eigenvalue weighted by Crippen LogP contribution is 2.31. The highest BCUT2D eigenvalue weighted by atomic mass is 32.2. The number of aromatic nitrogens is 3. The van der Waals surface area contributed by atoms with Gasteiger partial charge >= 0.3 is 6.18 Å². The second-order valence-corrected chi connectivity index (χ2v) is 9.91. The molecule has 1 aliphatic rings. The molecule has 0 unspecified atom stereocenters. The Morgan fingerprint density at radius 1 is 1.24 bits per heavy atom. The van der Waals surface area contributed by atoms with Gasteiger partial charge in [0.1, 0.15) is 11.4 Å². The van der Waals surface area contributed by atoms with Crippen molar-refractivity contribution in [2.24, 2.45) is 0 Å². The van der Waals surface area contributed by atoms with E-state index in [9.17, 15) is 26.4 Å². The van der Waals surface area contributed by atoms with Crippen molar-refractivity contribution in [2.75, 3.05) is 17.6 Å². The predicted molar refractivity (Wildman–Crippen MR) is 118 cm³/mol. The zero-order chi connectivity index (χ0) is 24.5. The Morgan fingerprint density at radius 3 is 2.71 bits per heavy atom. The number of alkyl halides is 3. The lowest BCUT2D eigenvalue weighted by molar-refractivity contribution is -0.141. The van der Waals surface area contributed by atoms with Crippen molar-refractivity contribution < 1.29 is 26.4 Å². The van der Waals surface area contributed by atoms with Crippen LogP contribution in [0, 0.1) is 0 Å². The molecule has 0 bridgehead atoms. The summed E-state index contributed by atoms with van der Waals surface area (Å²) in [6, 6.07) is 7.70. The first-order chi connectivity index (χ1) is 16.1. The van der Waals surface area contributed by atoms with Crippen LogP contribution >= 0.6 is 0 Å². The molecule has 1 aromatic carbocycles. The first-order valence-electron chi connectivity index (χ1n) is 10.6. The van der Waals surface area contributed by atoms with Crippen molar-refractivity contribution in [3.05, 3.63) is 65.2 Å². The van der Waals surface area contributed by atoms with E-state index in [1.807, 2.05) is 12.1 Å². The van der Waals surface area contributed by atoms with Crippen molar-refractivity contribution in [3.8, 4) is 0 Å². The summed E-state index contributed by atoms with van der Waals surface area (Å²) < 4.78 is 62.6. The average molecular weight is 494 g/mol. The molecule has 4 rings (SSSR count). The van der Waals surface area contributed by atoms with E-state index in [1.165, 1.54) is 12.3 Å². The number of amides is 1. The number of hydrogen-bond acceptors (Lipinski definition) is 6. The maximum atomic E-state index is 12.9. The van der Waals surface area contributed by atoms with Gasteiger partial charge in [0.25, 0.3) is 5.91 Å². The fourth-order valence-electron chi connectivity index (χ4n) is 3.79. The molecular weight excluding hydrogens is 471 g/mol. The highest BCUT2D eigenvalue weighted by molar-refractivity contribution is 7.91. The van der Waals surface area contributed by atoms with Gasteiger partial charge in [0.15, 0.2) is 0 Å². The second-order valence-electron chi connectivity index (χ2n) is 7.88. The van der Waals surface area contributed by atoms with Crippen LogP contribution in [0.5, 0.6) is 0 Å².